The third-order valence-corrected chi connectivity index (χ3v) is 2.85. The summed E-state index contributed by atoms with van der Waals surface area (Å²) in [6, 6.07) is 2.27. The van der Waals surface area contributed by atoms with Crippen LogP contribution in [0.2, 0.25) is 0 Å². The Labute approximate surface area is 111 Å². The van der Waals surface area contributed by atoms with E-state index in [0.717, 1.165) is 12.3 Å². The van der Waals surface area contributed by atoms with Gasteiger partial charge in [0.2, 0.25) is 0 Å². The van der Waals surface area contributed by atoms with Crippen molar-refractivity contribution in [3.05, 3.63) is 36.5 Å². The zero-order valence-electron chi connectivity index (χ0n) is 10.3. The molecule has 0 saturated carbocycles. The van der Waals surface area contributed by atoms with Gasteiger partial charge in [0, 0.05) is 18.8 Å². The van der Waals surface area contributed by atoms with Gasteiger partial charge in [0.1, 0.15) is 23.4 Å². The molecule has 8 heteroatoms. The van der Waals surface area contributed by atoms with Gasteiger partial charge < -0.3 is 4.57 Å². The Kier molecular flexibility index (Phi) is 2.66. The van der Waals surface area contributed by atoms with Crippen molar-refractivity contribution in [1.82, 2.24) is 24.5 Å². The molecule has 3 rings (SSSR count). The summed E-state index contributed by atoms with van der Waals surface area (Å²) in [5, 5.41) is 0. The molecule has 0 radical (unpaired) electrons. The Hall–Kier alpha value is -2.51. The molecule has 0 unspecified atom stereocenters. The first-order valence-corrected chi connectivity index (χ1v) is 5.63. The van der Waals surface area contributed by atoms with Crippen LogP contribution in [-0.2, 0) is 13.2 Å². The van der Waals surface area contributed by atoms with Gasteiger partial charge >= 0.3 is 6.18 Å². The molecule has 5 nitrogen and oxygen atoms in total. The summed E-state index contributed by atoms with van der Waals surface area (Å²) < 4.78 is 39.1. The molecule has 0 atom stereocenters. The predicted molar refractivity (Wildman–Crippen MR) is 64.5 cm³/mol. The minimum absolute atomic E-state index is 0.485. The molecular weight excluding hydrogens is 271 g/mol. The van der Waals surface area contributed by atoms with Gasteiger partial charge in [0.05, 0.1) is 6.20 Å². The number of aryl methyl sites for hydroxylation is 1. The molecular formula is C12H8F3N5. The number of fused-ring (bicyclic) bond motifs is 1. The van der Waals surface area contributed by atoms with Crippen LogP contribution in [0.4, 0.5) is 13.2 Å². The Morgan fingerprint density at radius 2 is 1.90 bits per heavy atom. The van der Waals surface area contributed by atoms with E-state index in [0.29, 0.717) is 22.6 Å². The molecule has 0 aliphatic carbocycles. The van der Waals surface area contributed by atoms with E-state index in [-0.39, 0.29) is 0 Å². The van der Waals surface area contributed by atoms with E-state index >= 15 is 0 Å². The topological polar surface area (TPSA) is 56.5 Å². The van der Waals surface area contributed by atoms with E-state index in [1.807, 2.05) is 0 Å². The lowest BCUT2D eigenvalue weighted by Gasteiger charge is -2.06. The molecule has 3 aromatic heterocycles. The molecule has 20 heavy (non-hydrogen) atoms. The number of nitrogens with zero attached hydrogens (tertiary/aromatic N) is 5. The van der Waals surface area contributed by atoms with Crippen molar-refractivity contribution < 1.29 is 13.2 Å². The van der Waals surface area contributed by atoms with Gasteiger partial charge in [-0.25, -0.2) is 15.0 Å². The van der Waals surface area contributed by atoms with Crippen molar-refractivity contribution in [2.24, 2.45) is 7.05 Å². The maximum atomic E-state index is 12.5. The highest BCUT2D eigenvalue weighted by Gasteiger charge is 2.32. The number of hydrogen-bond acceptors (Lipinski definition) is 4. The summed E-state index contributed by atoms with van der Waals surface area (Å²) in [6.45, 7) is 0. The highest BCUT2D eigenvalue weighted by Crippen LogP contribution is 2.29. The molecule has 0 N–H and O–H groups in total. The first-order valence-electron chi connectivity index (χ1n) is 5.63. The summed E-state index contributed by atoms with van der Waals surface area (Å²) in [4.78, 5) is 15.6. The Morgan fingerprint density at radius 1 is 1.10 bits per heavy atom. The quantitative estimate of drug-likeness (QED) is 0.686. The van der Waals surface area contributed by atoms with Crippen molar-refractivity contribution in [3.8, 4) is 11.4 Å². The van der Waals surface area contributed by atoms with Gasteiger partial charge in [0.25, 0.3) is 0 Å². The number of alkyl halides is 3. The van der Waals surface area contributed by atoms with Crippen molar-refractivity contribution in [2.75, 3.05) is 0 Å². The normalized spacial score (nSPS) is 12.0. The van der Waals surface area contributed by atoms with E-state index in [2.05, 4.69) is 19.9 Å². The Morgan fingerprint density at radius 3 is 2.50 bits per heavy atom. The van der Waals surface area contributed by atoms with Crippen LogP contribution in [0.25, 0.3) is 22.6 Å². The number of pyridine rings is 1. The molecule has 0 amide bonds. The van der Waals surface area contributed by atoms with Crippen LogP contribution in [0.5, 0.6) is 0 Å². The summed E-state index contributed by atoms with van der Waals surface area (Å²) >= 11 is 0. The Bertz CT molecular complexity index is 761. The van der Waals surface area contributed by atoms with Gasteiger partial charge in [-0.1, -0.05) is 0 Å². The first-order chi connectivity index (χ1) is 9.47. The number of halogens is 3. The van der Waals surface area contributed by atoms with Gasteiger partial charge in [-0.15, -0.1) is 0 Å². The van der Waals surface area contributed by atoms with E-state index in [4.69, 9.17) is 0 Å². The maximum Gasteiger partial charge on any atom is 0.433 e. The second-order valence-corrected chi connectivity index (χ2v) is 4.16. The minimum atomic E-state index is -4.45. The number of imidazole rings is 1. The third-order valence-electron chi connectivity index (χ3n) is 2.85. The maximum absolute atomic E-state index is 12.5. The fraction of sp³-hybridized carbons (Fsp3) is 0.167. The monoisotopic (exact) mass is 279 g/mol. The lowest BCUT2D eigenvalue weighted by atomic mass is 10.2. The minimum Gasteiger partial charge on any atom is -0.312 e. The largest absolute Gasteiger partial charge is 0.433 e. The zero-order chi connectivity index (χ0) is 14.3. The van der Waals surface area contributed by atoms with E-state index < -0.39 is 11.9 Å². The second-order valence-electron chi connectivity index (χ2n) is 4.16. The molecule has 0 aliphatic rings. The molecule has 0 spiro atoms. The van der Waals surface area contributed by atoms with E-state index in [1.54, 1.807) is 17.8 Å². The SMILES string of the molecule is Cn1c(-c2ccc(C(F)(F)F)nc2)nc2cncnc21. The van der Waals surface area contributed by atoms with Crippen molar-refractivity contribution in [3.63, 3.8) is 0 Å². The average Bonchev–Trinajstić information content (AvgIpc) is 2.76. The summed E-state index contributed by atoms with van der Waals surface area (Å²) in [5.41, 5.74) is 0.734. The van der Waals surface area contributed by atoms with E-state index in [1.165, 1.54) is 12.4 Å². The van der Waals surface area contributed by atoms with Crippen LogP contribution >= 0.6 is 0 Å². The fourth-order valence-electron chi connectivity index (χ4n) is 1.89. The number of rotatable bonds is 1. The molecule has 3 heterocycles. The fourth-order valence-corrected chi connectivity index (χ4v) is 1.89. The van der Waals surface area contributed by atoms with Crippen LogP contribution in [0.1, 0.15) is 5.69 Å². The van der Waals surface area contributed by atoms with Crippen LogP contribution in [0, 0.1) is 0 Å². The smallest absolute Gasteiger partial charge is 0.312 e. The van der Waals surface area contributed by atoms with Crippen molar-refractivity contribution in [2.45, 2.75) is 6.18 Å². The van der Waals surface area contributed by atoms with Crippen molar-refractivity contribution in [1.29, 1.82) is 0 Å². The number of hydrogen-bond donors (Lipinski definition) is 0. The molecule has 0 aliphatic heterocycles. The summed E-state index contributed by atoms with van der Waals surface area (Å²) in [5.74, 6) is 0.488. The summed E-state index contributed by atoms with van der Waals surface area (Å²) in [6.07, 6.45) is -0.365. The second kappa shape index (κ2) is 4.26. The van der Waals surface area contributed by atoms with Gasteiger partial charge in [0.15, 0.2) is 5.65 Å². The molecule has 0 bridgehead atoms. The van der Waals surface area contributed by atoms with Crippen LogP contribution in [-0.4, -0.2) is 24.5 Å². The lowest BCUT2D eigenvalue weighted by molar-refractivity contribution is -0.141. The van der Waals surface area contributed by atoms with Crippen LogP contribution in [0.3, 0.4) is 0 Å². The van der Waals surface area contributed by atoms with Gasteiger partial charge in [-0.3, -0.25) is 4.98 Å². The molecule has 0 fully saturated rings. The molecule has 0 aromatic carbocycles. The molecule has 3 aromatic rings. The van der Waals surface area contributed by atoms with Gasteiger partial charge in [-0.05, 0) is 12.1 Å². The van der Waals surface area contributed by atoms with Crippen molar-refractivity contribution >= 4 is 11.2 Å². The zero-order valence-corrected chi connectivity index (χ0v) is 10.3. The molecule has 102 valence electrons. The first kappa shape index (κ1) is 12.5. The lowest BCUT2D eigenvalue weighted by Crippen LogP contribution is -2.07. The van der Waals surface area contributed by atoms with Gasteiger partial charge in [-0.2, -0.15) is 13.2 Å². The van der Waals surface area contributed by atoms with E-state index in [9.17, 15) is 13.2 Å². The highest BCUT2D eigenvalue weighted by molar-refractivity contribution is 5.75. The average molecular weight is 279 g/mol. The highest BCUT2D eigenvalue weighted by atomic mass is 19.4. The standard InChI is InChI=1S/C12H8F3N5/c1-20-10(19-8-5-16-6-18-11(8)20)7-2-3-9(17-4-7)12(13,14)15/h2-6H,1H3. The summed E-state index contributed by atoms with van der Waals surface area (Å²) in [7, 11) is 1.73. The number of aromatic nitrogens is 5. The third kappa shape index (κ3) is 1.98. The Balaban J connectivity index is 2.09. The molecule has 0 saturated heterocycles. The predicted octanol–water partition coefficient (Wildman–Crippen LogP) is 2.44. The van der Waals surface area contributed by atoms with Crippen LogP contribution in [0.15, 0.2) is 30.9 Å². The van der Waals surface area contributed by atoms with Crippen LogP contribution < -0.4 is 0 Å².